The lowest BCUT2D eigenvalue weighted by atomic mass is 10.0. The fourth-order valence-corrected chi connectivity index (χ4v) is 3.54. The molecule has 1 fully saturated rings. The topological polar surface area (TPSA) is 32.3 Å². The van der Waals surface area contributed by atoms with Crippen molar-refractivity contribution >= 4 is 5.91 Å². The number of benzene rings is 2. The Hall–Kier alpha value is -2.20. The summed E-state index contributed by atoms with van der Waals surface area (Å²) in [6.07, 6.45) is 3.99. The number of rotatable bonds is 6. The molecule has 1 amide bonds. The standard InChI is InChI=1S/C22H27FN2O/c1-17-5-9-19(10-6-17)21(25-13-3-2-4-14-25)16-24-22(26)15-18-7-11-20(23)12-8-18/h5-12,21H,2-4,13-16H2,1H3,(H,24,26). The smallest absolute Gasteiger partial charge is 0.224 e. The molecule has 2 aromatic carbocycles. The van der Waals surface area contributed by atoms with Gasteiger partial charge in [0.25, 0.3) is 0 Å². The van der Waals surface area contributed by atoms with Crippen LogP contribution in [-0.2, 0) is 11.2 Å². The highest BCUT2D eigenvalue weighted by Gasteiger charge is 2.22. The van der Waals surface area contributed by atoms with Gasteiger partial charge in [-0.3, -0.25) is 9.69 Å². The van der Waals surface area contributed by atoms with Gasteiger partial charge in [0.15, 0.2) is 0 Å². The number of carbonyl (C=O) groups is 1. The number of nitrogens with one attached hydrogen (secondary N) is 1. The van der Waals surface area contributed by atoms with Gasteiger partial charge in [0, 0.05) is 6.54 Å². The summed E-state index contributed by atoms with van der Waals surface area (Å²) in [5.74, 6) is -0.301. The number of hydrogen-bond acceptors (Lipinski definition) is 2. The number of carbonyl (C=O) groups excluding carboxylic acids is 1. The van der Waals surface area contributed by atoms with E-state index in [2.05, 4.69) is 41.4 Å². The molecule has 0 radical (unpaired) electrons. The van der Waals surface area contributed by atoms with Crippen LogP contribution in [0.3, 0.4) is 0 Å². The van der Waals surface area contributed by atoms with Gasteiger partial charge in [0.2, 0.25) is 5.91 Å². The summed E-state index contributed by atoms with van der Waals surface area (Å²) in [5, 5.41) is 3.08. The van der Waals surface area contributed by atoms with E-state index in [1.54, 1.807) is 12.1 Å². The van der Waals surface area contributed by atoms with Crippen LogP contribution >= 0.6 is 0 Å². The van der Waals surface area contributed by atoms with Gasteiger partial charge in [-0.1, -0.05) is 48.4 Å². The molecule has 3 nitrogen and oxygen atoms in total. The average Bonchev–Trinajstić information content (AvgIpc) is 2.66. The minimum atomic E-state index is -0.279. The summed E-state index contributed by atoms with van der Waals surface area (Å²) in [6, 6.07) is 14.9. The summed E-state index contributed by atoms with van der Waals surface area (Å²) < 4.78 is 13.0. The number of piperidine rings is 1. The lowest BCUT2D eigenvalue weighted by Crippen LogP contribution is -2.41. The number of halogens is 1. The normalized spacial score (nSPS) is 16.2. The lowest BCUT2D eigenvalue weighted by molar-refractivity contribution is -0.120. The van der Waals surface area contributed by atoms with Crippen LogP contribution in [0.15, 0.2) is 48.5 Å². The molecule has 2 aromatic rings. The van der Waals surface area contributed by atoms with E-state index in [0.717, 1.165) is 18.7 Å². The Morgan fingerprint density at radius 1 is 1.04 bits per heavy atom. The highest BCUT2D eigenvalue weighted by Crippen LogP contribution is 2.24. The molecule has 1 aliphatic heterocycles. The number of hydrogen-bond donors (Lipinski definition) is 1. The van der Waals surface area contributed by atoms with Gasteiger partial charge in [-0.05, 0) is 56.1 Å². The molecule has 1 heterocycles. The zero-order chi connectivity index (χ0) is 18.4. The second kappa shape index (κ2) is 8.95. The zero-order valence-electron chi connectivity index (χ0n) is 15.4. The minimum absolute atomic E-state index is 0.0225. The molecule has 1 N–H and O–H groups in total. The van der Waals surface area contributed by atoms with Crippen molar-refractivity contribution in [3.63, 3.8) is 0 Å². The number of likely N-dealkylation sites (tertiary alicyclic amines) is 1. The van der Waals surface area contributed by atoms with Crippen LogP contribution in [0.25, 0.3) is 0 Å². The van der Waals surface area contributed by atoms with Crippen LogP contribution in [0.5, 0.6) is 0 Å². The third-order valence-electron chi connectivity index (χ3n) is 5.06. The lowest BCUT2D eigenvalue weighted by Gasteiger charge is -2.35. The molecule has 138 valence electrons. The van der Waals surface area contributed by atoms with Gasteiger partial charge in [-0.25, -0.2) is 4.39 Å². The highest BCUT2D eigenvalue weighted by atomic mass is 19.1. The predicted octanol–water partition coefficient (Wildman–Crippen LogP) is 4.02. The predicted molar refractivity (Wildman–Crippen MR) is 102 cm³/mol. The Morgan fingerprint density at radius 2 is 1.69 bits per heavy atom. The van der Waals surface area contributed by atoms with Crippen molar-refractivity contribution in [1.29, 1.82) is 0 Å². The van der Waals surface area contributed by atoms with Gasteiger partial charge in [-0.15, -0.1) is 0 Å². The maximum Gasteiger partial charge on any atom is 0.224 e. The first-order valence-electron chi connectivity index (χ1n) is 9.43. The van der Waals surface area contributed by atoms with Crippen LogP contribution in [0.1, 0.15) is 42.0 Å². The first-order chi connectivity index (χ1) is 12.6. The van der Waals surface area contributed by atoms with Crippen molar-refractivity contribution < 1.29 is 9.18 Å². The molecule has 0 bridgehead atoms. The van der Waals surface area contributed by atoms with Gasteiger partial charge < -0.3 is 5.32 Å². The van der Waals surface area contributed by atoms with Crippen molar-refractivity contribution in [2.24, 2.45) is 0 Å². The summed E-state index contributed by atoms with van der Waals surface area (Å²) in [4.78, 5) is 14.8. The average molecular weight is 354 g/mol. The maximum absolute atomic E-state index is 13.0. The molecule has 0 saturated carbocycles. The Labute approximate surface area is 155 Å². The molecular weight excluding hydrogens is 327 g/mol. The molecule has 1 unspecified atom stereocenters. The molecule has 26 heavy (non-hydrogen) atoms. The quantitative estimate of drug-likeness (QED) is 0.850. The monoisotopic (exact) mass is 354 g/mol. The van der Waals surface area contributed by atoms with E-state index in [-0.39, 0.29) is 24.2 Å². The van der Waals surface area contributed by atoms with E-state index in [9.17, 15) is 9.18 Å². The highest BCUT2D eigenvalue weighted by molar-refractivity contribution is 5.78. The van der Waals surface area contributed by atoms with Gasteiger partial charge in [-0.2, -0.15) is 0 Å². The third-order valence-corrected chi connectivity index (χ3v) is 5.06. The molecule has 4 heteroatoms. The van der Waals surface area contributed by atoms with E-state index >= 15 is 0 Å². The molecule has 0 aromatic heterocycles. The molecule has 1 atom stereocenters. The van der Waals surface area contributed by atoms with Crippen molar-refractivity contribution in [3.8, 4) is 0 Å². The SMILES string of the molecule is Cc1ccc(C(CNC(=O)Cc2ccc(F)cc2)N2CCCCC2)cc1. The van der Waals surface area contributed by atoms with Crippen LogP contribution in [0, 0.1) is 12.7 Å². The van der Waals surface area contributed by atoms with E-state index in [1.165, 1.54) is 42.5 Å². The first kappa shape index (κ1) is 18.6. The summed E-state index contributed by atoms with van der Waals surface area (Å²) in [5.41, 5.74) is 3.32. The maximum atomic E-state index is 13.0. The number of nitrogens with zero attached hydrogens (tertiary/aromatic N) is 1. The van der Waals surface area contributed by atoms with Gasteiger partial charge in [0.1, 0.15) is 5.82 Å². The largest absolute Gasteiger partial charge is 0.354 e. The van der Waals surface area contributed by atoms with Crippen molar-refractivity contribution in [3.05, 3.63) is 71.0 Å². The fourth-order valence-electron chi connectivity index (χ4n) is 3.54. The number of amides is 1. The van der Waals surface area contributed by atoms with Crippen LogP contribution in [-0.4, -0.2) is 30.4 Å². The molecular formula is C22H27FN2O. The zero-order valence-corrected chi connectivity index (χ0v) is 15.4. The molecule has 1 aliphatic rings. The second-order valence-corrected chi connectivity index (χ2v) is 7.13. The number of aryl methyl sites for hydroxylation is 1. The Kier molecular flexibility index (Phi) is 6.40. The minimum Gasteiger partial charge on any atom is -0.354 e. The Balaban J connectivity index is 1.64. The van der Waals surface area contributed by atoms with E-state index in [4.69, 9.17) is 0 Å². The van der Waals surface area contributed by atoms with E-state index < -0.39 is 0 Å². The Morgan fingerprint density at radius 3 is 2.35 bits per heavy atom. The van der Waals surface area contributed by atoms with Crippen molar-refractivity contribution in [2.75, 3.05) is 19.6 Å². The van der Waals surface area contributed by atoms with Crippen molar-refractivity contribution in [2.45, 2.75) is 38.6 Å². The second-order valence-electron chi connectivity index (χ2n) is 7.13. The van der Waals surface area contributed by atoms with Crippen LogP contribution in [0.2, 0.25) is 0 Å². The van der Waals surface area contributed by atoms with Gasteiger partial charge in [0.05, 0.1) is 12.5 Å². The summed E-state index contributed by atoms with van der Waals surface area (Å²) in [7, 11) is 0. The van der Waals surface area contributed by atoms with Crippen LogP contribution in [0.4, 0.5) is 4.39 Å². The molecule has 3 rings (SSSR count). The van der Waals surface area contributed by atoms with Crippen molar-refractivity contribution in [1.82, 2.24) is 10.2 Å². The summed E-state index contributed by atoms with van der Waals surface area (Å²) in [6.45, 7) is 4.84. The van der Waals surface area contributed by atoms with Gasteiger partial charge >= 0.3 is 0 Å². The van der Waals surface area contributed by atoms with E-state index in [0.29, 0.717) is 6.54 Å². The Bertz CT molecular complexity index is 706. The first-order valence-corrected chi connectivity index (χ1v) is 9.43. The van der Waals surface area contributed by atoms with E-state index in [1.807, 2.05) is 0 Å². The third kappa shape index (κ3) is 5.15. The molecule has 0 aliphatic carbocycles. The molecule has 0 spiro atoms. The fraction of sp³-hybridized carbons (Fsp3) is 0.409. The van der Waals surface area contributed by atoms with Crippen LogP contribution < -0.4 is 5.32 Å². The molecule has 1 saturated heterocycles. The summed E-state index contributed by atoms with van der Waals surface area (Å²) >= 11 is 0.